The molecule has 0 aromatic heterocycles. The number of likely N-dealkylation sites (tertiary alicyclic amines) is 1. The van der Waals surface area contributed by atoms with E-state index in [9.17, 15) is 0 Å². The summed E-state index contributed by atoms with van der Waals surface area (Å²) in [6.07, 6.45) is 5.28. The molecule has 17 heavy (non-hydrogen) atoms. The maximum Gasteiger partial charge on any atom is 0.0314 e. The fourth-order valence-electron chi connectivity index (χ4n) is 2.73. The number of hydrogen-bond acceptors (Lipinski definition) is 2. The highest BCUT2D eigenvalue weighted by molar-refractivity contribution is 5.39. The quantitative estimate of drug-likeness (QED) is 0.791. The van der Waals surface area contributed by atoms with E-state index in [1.165, 1.54) is 44.5 Å². The van der Waals surface area contributed by atoms with Crippen LogP contribution >= 0.6 is 0 Å². The maximum atomic E-state index is 5.69. The minimum absolute atomic E-state index is 0.859. The minimum Gasteiger partial charge on any atom is -0.399 e. The number of anilines is 1. The predicted molar refractivity (Wildman–Crippen MR) is 74.0 cm³/mol. The van der Waals surface area contributed by atoms with Crippen molar-refractivity contribution in [2.75, 3.05) is 25.4 Å². The molecule has 1 unspecified atom stereocenters. The highest BCUT2D eigenvalue weighted by Gasteiger charge is 2.20. The standard InChI is InChI=1S/C15H24N2/c1-2-3-14-9-11-17(12-14)10-8-13-4-6-15(16)7-5-13/h4-7,14H,2-3,8-12,16H2,1H3. The third-order valence-electron chi connectivity index (χ3n) is 3.76. The third kappa shape index (κ3) is 3.74. The van der Waals surface area contributed by atoms with Crippen LogP contribution in [0.3, 0.4) is 0 Å². The molecule has 2 heteroatoms. The summed E-state index contributed by atoms with van der Waals surface area (Å²) in [6, 6.07) is 8.29. The molecule has 0 aliphatic carbocycles. The summed E-state index contributed by atoms with van der Waals surface area (Å²) < 4.78 is 0. The summed E-state index contributed by atoms with van der Waals surface area (Å²) >= 11 is 0. The van der Waals surface area contributed by atoms with Crippen LogP contribution < -0.4 is 5.73 Å². The fraction of sp³-hybridized carbons (Fsp3) is 0.600. The van der Waals surface area contributed by atoms with Gasteiger partial charge in [-0.25, -0.2) is 0 Å². The molecule has 1 heterocycles. The Morgan fingerprint density at radius 3 is 2.76 bits per heavy atom. The highest BCUT2D eigenvalue weighted by Crippen LogP contribution is 2.21. The molecule has 2 rings (SSSR count). The van der Waals surface area contributed by atoms with E-state index in [2.05, 4.69) is 24.0 Å². The van der Waals surface area contributed by atoms with E-state index in [0.29, 0.717) is 0 Å². The smallest absolute Gasteiger partial charge is 0.0314 e. The lowest BCUT2D eigenvalue weighted by Gasteiger charge is -2.15. The molecule has 0 saturated carbocycles. The van der Waals surface area contributed by atoms with Crippen LogP contribution in [0, 0.1) is 5.92 Å². The second kappa shape index (κ2) is 6.06. The van der Waals surface area contributed by atoms with Crippen molar-refractivity contribution in [2.24, 2.45) is 5.92 Å². The Morgan fingerprint density at radius 2 is 2.06 bits per heavy atom. The molecule has 1 aliphatic heterocycles. The number of hydrogen-bond donors (Lipinski definition) is 1. The minimum atomic E-state index is 0.859. The van der Waals surface area contributed by atoms with E-state index < -0.39 is 0 Å². The summed E-state index contributed by atoms with van der Waals surface area (Å²) in [7, 11) is 0. The molecule has 2 nitrogen and oxygen atoms in total. The van der Waals surface area contributed by atoms with Crippen molar-refractivity contribution >= 4 is 5.69 Å². The number of nitrogen functional groups attached to an aromatic ring is 1. The number of nitrogens with zero attached hydrogens (tertiary/aromatic N) is 1. The number of benzene rings is 1. The van der Waals surface area contributed by atoms with Crippen LogP contribution in [-0.2, 0) is 6.42 Å². The summed E-state index contributed by atoms with van der Waals surface area (Å²) in [5.41, 5.74) is 7.95. The van der Waals surface area contributed by atoms with Crippen molar-refractivity contribution in [3.05, 3.63) is 29.8 Å². The lowest BCUT2D eigenvalue weighted by molar-refractivity contribution is 0.324. The zero-order chi connectivity index (χ0) is 12.1. The topological polar surface area (TPSA) is 29.3 Å². The van der Waals surface area contributed by atoms with Crippen LogP contribution in [-0.4, -0.2) is 24.5 Å². The fourth-order valence-corrected chi connectivity index (χ4v) is 2.73. The van der Waals surface area contributed by atoms with Gasteiger partial charge in [0.05, 0.1) is 0 Å². The average molecular weight is 232 g/mol. The second-order valence-electron chi connectivity index (χ2n) is 5.24. The van der Waals surface area contributed by atoms with Gasteiger partial charge in [-0.05, 0) is 49.4 Å². The van der Waals surface area contributed by atoms with E-state index in [1.807, 2.05) is 12.1 Å². The van der Waals surface area contributed by atoms with Crippen LogP contribution in [0.2, 0.25) is 0 Å². The van der Waals surface area contributed by atoms with E-state index >= 15 is 0 Å². The van der Waals surface area contributed by atoms with Gasteiger partial charge < -0.3 is 10.6 Å². The van der Waals surface area contributed by atoms with E-state index in [0.717, 1.165) is 18.0 Å². The van der Waals surface area contributed by atoms with Gasteiger partial charge in [-0.3, -0.25) is 0 Å². The van der Waals surface area contributed by atoms with Gasteiger partial charge in [0.2, 0.25) is 0 Å². The van der Waals surface area contributed by atoms with Crippen molar-refractivity contribution in [1.82, 2.24) is 4.90 Å². The molecule has 1 aliphatic rings. The first kappa shape index (κ1) is 12.4. The first-order valence-electron chi connectivity index (χ1n) is 6.84. The van der Waals surface area contributed by atoms with Crippen molar-refractivity contribution in [3.8, 4) is 0 Å². The second-order valence-corrected chi connectivity index (χ2v) is 5.24. The highest BCUT2D eigenvalue weighted by atomic mass is 15.1. The van der Waals surface area contributed by atoms with Gasteiger partial charge in [0.25, 0.3) is 0 Å². The molecule has 1 aromatic rings. The van der Waals surface area contributed by atoms with Crippen molar-refractivity contribution in [2.45, 2.75) is 32.6 Å². The molecule has 0 radical (unpaired) electrons. The normalized spacial score (nSPS) is 20.9. The Hall–Kier alpha value is -1.02. The number of rotatable bonds is 5. The molecule has 0 bridgehead atoms. The van der Waals surface area contributed by atoms with Gasteiger partial charge in [-0.2, -0.15) is 0 Å². The summed E-state index contributed by atoms with van der Waals surface area (Å²) in [6.45, 7) is 6.09. The number of nitrogens with two attached hydrogens (primary N) is 1. The molecule has 0 spiro atoms. The van der Waals surface area contributed by atoms with Gasteiger partial charge in [-0.15, -0.1) is 0 Å². The van der Waals surface area contributed by atoms with Gasteiger partial charge in [-0.1, -0.05) is 25.5 Å². The largest absolute Gasteiger partial charge is 0.399 e. The Kier molecular flexibility index (Phi) is 4.43. The molecule has 1 aromatic carbocycles. The van der Waals surface area contributed by atoms with Crippen LogP contribution in [0.15, 0.2) is 24.3 Å². The zero-order valence-electron chi connectivity index (χ0n) is 10.9. The molecule has 1 saturated heterocycles. The zero-order valence-corrected chi connectivity index (χ0v) is 10.9. The van der Waals surface area contributed by atoms with E-state index in [-0.39, 0.29) is 0 Å². The Balaban J connectivity index is 1.74. The lowest BCUT2D eigenvalue weighted by atomic mass is 10.0. The van der Waals surface area contributed by atoms with Crippen LogP contribution in [0.1, 0.15) is 31.7 Å². The summed E-state index contributed by atoms with van der Waals surface area (Å²) in [4.78, 5) is 2.61. The molecule has 1 atom stereocenters. The van der Waals surface area contributed by atoms with Crippen molar-refractivity contribution < 1.29 is 0 Å². The summed E-state index contributed by atoms with van der Waals surface area (Å²) in [5, 5.41) is 0. The molecule has 2 N–H and O–H groups in total. The molecular formula is C15H24N2. The Labute approximate surface area is 105 Å². The van der Waals surface area contributed by atoms with Gasteiger partial charge in [0, 0.05) is 18.8 Å². The SMILES string of the molecule is CCCC1CCN(CCc2ccc(N)cc2)C1. The van der Waals surface area contributed by atoms with Gasteiger partial charge in [0.1, 0.15) is 0 Å². The predicted octanol–water partition coefficient (Wildman–Crippen LogP) is 2.93. The Bertz CT molecular complexity index is 331. The van der Waals surface area contributed by atoms with E-state index in [4.69, 9.17) is 5.73 Å². The monoisotopic (exact) mass is 232 g/mol. The first-order valence-corrected chi connectivity index (χ1v) is 6.84. The van der Waals surface area contributed by atoms with Crippen molar-refractivity contribution in [1.29, 1.82) is 0 Å². The van der Waals surface area contributed by atoms with Gasteiger partial charge >= 0.3 is 0 Å². The summed E-state index contributed by atoms with van der Waals surface area (Å²) in [5.74, 6) is 0.950. The average Bonchev–Trinajstić information content (AvgIpc) is 2.77. The first-order chi connectivity index (χ1) is 8.28. The molecule has 0 amide bonds. The Morgan fingerprint density at radius 1 is 1.29 bits per heavy atom. The molecule has 1 fully saturated rings. The molecule has 94 valence electrons. The van der Waals surface area contributed by atoms with E-state index in [1.54, 1.807) is 0 Å². The maximum absolute atomic E-state index is 5.69. The third-order valence-corrected chi connectivity index (χ3v) is 3.76. The van der Waals surface area contributed by atoms with Crippen LogP contribution in [0.25, 0.3) is 0 Å². The van der Waals surface area contributed by atoms with Gasteiger partial charge in [0.15, 0.2) is 0 Å². The lowest BCUT2D eigenvalue weighted by Crippen LogP contribution is -2.23. The van der Waals surface area contributed by atoms with Crippen LogP contribution in [0.4, 0.5) is 5.69 Å². The van der Waals surface area contributed by atoms with Crippen molar-refractivity contribution in [3.63, 3.8) is 0 Å². The van der Waals surface area contributed by atoms with Crippen LogP contribution in [0.5, 0.6) is 0 Å². The molecular weight excluding hydrogens is 208 g/mol.